The number of rotatable bonds is 8. The van der Waals surface area contributed by atoms with Crippen LogP contribution in [0.15, 0.2) is 63.6 Å². The van der Waals surface area contributed by atoms with E-state index in [1.165, 1.54) is 17.5 Å². The standard InChI is InChI=1S/C20H22N2O4S2/c1-15-12-18(21-16(2)23)5-6-20(15)28(24,25)22(13-17-8-10-26-14-17)9-7-19-4-3-11-27-19/h3-6,8,10-12,14H,7,9,13H2,1-2H3,(H,21,23). The molecule has 1 amide bonds. The molecule has 0 radical (unpaired) electrons. The fraction of sp³-hybridized carbons (Fsp3) is 0.250. The lowest BCUT2D eigenvalue weighted by Gasteiger charge is -2.23. The maximum atomic E-state index is 13.4. The van der Waals surface area contributed by atoms with Crippen LogP contribution < -0.4 is 5.32 Å². The molecule has 2 aromatic heterocycles. The lowest BCUT2D eigenvalue weighted by Crippen LogP contribution is -2.32. The second kappa shape index (κ2) is 8.72. The molecule has 148 valence electrons. The van der Waals surface area contributed by atoms with Crippen molar-refractivity contribution in [3.63, 3.8) is 0 Å². The zero-order chi connectivity index (χ0) is 20.1. The molecule has 0 saturated heterocycles. The fourth-order valence-electron chi connectivity index (χ4n) is 2.92. The monoisotopic (exact) mass is 418 g/mol. The number of anilines is 1. The molecule has 0 aliphatic heterocycles. The Morgan fingerprint density at radius 1 is 1.25 bits per heavy atom. The van der Waals surface area contributed by atoms with Gasteiger partial charge in [-0.3, -0.25) is 4.79 Å². The average molecular weight is 419 g/mol. The molecule has 6 nitrogen and oxygen atoms in total. The largest absolute Gasteiger partial charge is 0.472 e. The Hall–Kier alpha value is -2.42. The van der Waals surface area contributed by atoms with E-state index >= 15 is 0 Å². The summed E-state index contributed by atoms with van der Waals surface area (Å²) in [6, 6.07) is 10.5. The minimum absolute atomic E-state index is 0.201. The molecule has 3 rings (SSSR count). The molecule has 0 saturated carbocycles. The lowest BCUT2D eigenvalue weighted by molar-refractivity contribution is -0.114. The third kappa shape index (κ3) is 4.89. The Morgan fingerprint density at radius 2 is 2.07 bits per heavy atom. The Labute approximate surface area is 168 Å². The molecule has 8 heteroatoms. The fourth-order valence-corrected chi connectivity index (χ4v) is 5.25. The zero-order valence-corrected chi connectivity index (χ0v) is 17.3. The Balaban J connectivity index is 1.89. The van der Waals surface area contributed by atoms with Crippen molar-refractivity contribution in [2.75, 3.05) is 11.9 Å². The first kappa shape index (κ1) is 20.3. The predicted molar refractivity (Wildman–Crippen MR) is 110 cm³/mol. The Morgan fingerprint density at radius 3 is 2.68 bits per heavy atom. The number of benzene rings is 1. The van der Waals surface area contributed by atoms with Crippen LogP contribution in [-0.2, 0) is 27.8 Å². The van der Waals surface area contributed by atoms with Gasteiger partial charge in [0.25, 0.3) is 0 Å². The number of carbonyl (C=O) groups is 1. The van der Waals surface area contributed by atoms with Gasteiger partial charge in [0.15, 0.2) is 0 Å². The van der Waals surface area contributed by atoms with Crippen LogP contribution >= 0.6 is 11.3 Å². The van der Waals surface area contributed by atoms with Crippen LogP contribution in [0.2, 0.25) is 0 Å². The maximum Gasteiger partial charge on any atom is 0.243 e. The highest BCUT2D eigenvalue weighted by molar-refractivity contribution is 7.89. The van der Waals surface area contributed by atoms with Crippen molar-refractivity contribution in [1.82, 2.24) is 4.31 Å². The van der Waals surface area contributed by atoms with Crippen LogP contribution in [0.1, 0.15) is 22.9 Å². The number of amides is 1. The van der Waals surface area contributed by atoms with Crippen LogP contribution in [0.4, 0.5) is 5.69 Å². The van der Waals surface area contributed by atoms with Crippen LogP contribution in [0.5, 0.6) is 0 Å². The van der Waals surface area contributed by atoms with Crippen LogP contribution in [0.3, 0.4) is 0 Å². The molecule has 1 N–H and O–H groups in total. The number of hydrogen-bond donors (Lipinski definition) is 1. The smallest absolute Gasteiger partial charge is 0.243 e. The second-order valence-corrected chi connectivity index (χ2v) is 9.40. The number of hydrogen-bond acceptors (Lipinski definition) is 5. The van der Waals surface area contributed by atoms with Crippen molar-refractivity contribution in [2.24, 2.45) is 0 Å². The van der Waals surface area contributed by atoms with Gasteiger partial charge in [0.1, 0.15) is 0 Å². The second-order valence-electron chi connectivity index (χ2n) is 6.46. The van der Waals surface area contributed by atoms with Gasteiger partial charge in [-0.15, -0.1) is 11.3 Å². The van der Waals surface area contributed by atoms with Gasteiger partial charge < -0.3 is 9.73 Å². The first-order valence-corrected chi connectivity index (χ1v) is 11.1. The molecule has 0 unspecified atom stereocenters. The first-order valence-electron chi connectivity index (χ1n) is 8.78. The summed E-state index contributed by atoms with van der Waals surface area (Å²) in [5.74, 6) is -0.201. The van der Waals surface area contributed by atoms with E-state index in [9.17, 15) is 13.2 Å². The Bertz CT molecular complexity index is 1030. The van der Waals surface area contributed by atoms with Crippen molar-refractivity contribution in [3.8, 4) is 0 Å². The lowest BCUT2D eigenvalue weighted by atomic mass is 10.2. The van der Waals surface area contributed by atoms with E-state index in [1.807, 2.05) is 17.5 Å². The van der Waals surface area contributed by atoms with Crippen molar-refractivity contribution in [3.05, 3.63) is 70.3 Å². The van der Waals surface area contributed by atoms with Crippen molar-refractivity contribution >= 4 is 33.0 Å². The van der Waals surface area contributed by atoms with Crippen molar-refractivity contribution in [1.29, 1.82) is 0 Å². The topological polar surface area (TPSA) is 79.6 Å². The third-order valence-corrected chi connectivity index (χ3v) is 7.18. The van der Waals surface area contributed by atoms with Gasteiger partial charge in [-0.2, -0.15) is 4.31 Å². The molecular weight excluding hydrogens is 396 g/mol. The SMILES string of the molecule is CC(=O)Nc1ccc(S(=O)(=O)N(CCc2cccs2)Cc2ccoc2)c(C)c1. The molecule has 0 bridgehead atoms. The summed E-state index contributed by atoms with van der Waals surface area (Å²) in [4.78, 5) is 12.6. The van der Waals surface area contributed by atoms with E-state index in [1.54, 1.807) is 48.8 Å². The maximum absolute atomic E-state index is 13.4. The van der Waals surface area contributed by atoms with Crippen LogP contribution in [0, 0.1) is 6.92 Å². The number of aryl methyl sites for hydroxylation is 1. The molecule has 1 aromatic carbocycles. The molecular formula is C20H22N2O4S2. The molecule has 3 aromatic rings. The molecule has 0 aliphatic rings. The van der Waals surface area contributed by atoms with E-state index in [0.717, 1.165) is 10.4 Å². The van der Waals surface area contributed by atoms with E-state index in [4.69, 9.17) is 4.42 Å². The van der Waals surface area contributed by atoms with E-state index in [-0.39, 0.29) is 17.3 Å². The van der Waals surface area contributed by atoms with Gasteiger partial charge in [-0.1, -0.05) is 6.07 Å². The van der Waals surface area contributed by atoms with E-state index < -0.39 is 10.0 Å². The number of nitrogens with one attached hydrogen (secondary N) is 1. The van der Waals surface area contributed by atoms with Crippen LogP contribution in [-0.4, -0.2) is 25.2 Å². The predicted octanol–water partition coefficient (Wildman–Crippen LogP) is 4.04. The van der Waals surface area contributed by atoms with Gasteiger partial charge in [0, 0.05) is 36.1 Å². The average Bonchev–Trinajstić information content (AvgIpc) is 3.31. The van der Waals surface area contributed by atoms with Gasteiger partial charge in [0.05, 0.1) is 17.4 Å². The highest BCUT2D eigenvalue weighted by Crippen LogP contribution is 2.25. The summed E-state index contributed by atoms with van der Waals surface area (Å²) in [7, 11) is -3.72. The zero-order valence-electron chi connectivity index (χ0n) is 15.7. The van der Waals surface area contributed by atoms with Gasteiger partial charge >= 0.3 is 0 Å². The molecule has 0 spiro atoms. The van der Waals surface area contributed by atoms with Crippen molar-refractivity contribution < 1.29 is 17.6 Å². The number of thiophene rings is 1. The molecule has 28 heavy (non-hydrogen) atoms. The van der Waals surface area contributed by atoms with Crippen molar-refractivity contribution in [2.45, 2.75) is 31.7 Å². The van der Waals surface area contributed by atoms with Crippen LogP contribution in [0.25, 0.3) is 0 Å². The number of carbonyl (C=O) groups excluding carboxylic acids is 1. The minimum Gasteiger partial charge on any atom is -0.472 e. The van der Waals surface area contributed by atoms with Gasteiger partial charge in [-0.05, 0) is 54.6 Å². The molecule has 0 aliphatic carbocycles. The minimum atomic E-state index is -3.72. The molecule has 0 fully saturated rings. The summed E-state index contributed by atoms with van der Waals surface area (Å²) in [5, 5.41) is 4.66. The highest BCUT2D eigenvalue weighted by Gasteiger charge is 2.26. The first-order chi connectivity index (χ1) is 13.4. The van der Waals surface area contributed by atoms with Gasteiger partial charge in [0.2, 0.25) is 15.9 Å². The quantitative estimate of drug-likeness (QED) is 0.599. The van der Waals surface area contributed by atoms with Gasteiger partial charge in [-0.25, -0.2) is 8.42 Å². The molecule has 2 heterocycles. The summed E-state index contributed by atoms with van der Waals surface area (Å²) >= 11 is 1.61. The molecule has 0 atom stereocenters. The highest BCUT2D eigenvalue weighted by atomic mass is 32.2. The number of furan rings is 1. The summed E-state index contributed by atoms with van der Waals surface area (Å²) < 4.78 is 33.3. The number of sulfonamides is 1. The van der Waals surface area contributed by atoms with E-state index in [2.05, 4.69) is 5.32 Å². The normalized spacial score (nSPS) is 11.7. The summed E-state index contributed by atoms with van der Waals surface area (Å²) in [6.07, 6.45) is 3.73. The summed E-state index contributed by atoms with van der Waals surface area (Å²) in [5.41, 5.74) is 1.95. The third-order valence-electron chi connectivity index (χ3n) is 4.24. The Kier molecular flexibility index (Phi) is 6.33. The summed E-state index contributed by atoms with van der Waals surface area (Å²) in [6.45, 7) is 3.74. The van der Waals surface area contributed by atoms with E-state index in [0.29, 0.717) is 24.2 Å². The number of nitrogens with zero attached hydrogens (tertiary/aromatic N) is 1.